The van der Waals surface area contributed by atoms with E-state index in [0.29, 0.717) is 11.6 Å². The van der Waals surface area contributed by atoms with Gasteiger partial charge in [0.25, 0.3) is 5.91 Å². The van der Waals surface area contributed by atoms with Crippen LogP contribution in [0.3, 0.4) is 0 Å². The number of ether oxygens (including phenoxy) is 1. The van der Waals surface area contributed by atoms with Crippen LogP contribution in [-0.4, -0.2) is 42.1 Å². The van der Waals surface area contributed by atoms with Crippen molar-refractivity contribution >= 4 is 22.9 Å². The molecule has 128 valence electrons. The third-order valence-corrected chi connectivity index (χ3v) is 4.91. The summed E-state index contributed by atoms with van der Waals surface area (Å²) >= 11 is 1.54. The van der Waals surface area contributed by atoms with Crippen LogP contribution in [-0.2, 0) is 11.3 Å². The smallest absolute Gasteiger partial charge is 0.275 e. The molecule has 0 unspecified atom stereocenters. The number of hydrogen-bond acceptors (Lipinski definition) is 5. The van der Waals surface area contributed by atoms with Crippen molar-refractivity contribution in [3.05, 3.63) is 45.9 Å². The van der Waals surface area contributed by atoms with Crippen LogP contribution in [0.1, 0.15) is 40.8 Å². The molecule has 24 heavy (non-hydrogen) atoms. The SMILES string of the molecule is CC(C)c1ccccc1NC(=O)c1csc(CN2CCOCC2)n1. The number of nitrogens with zero attached hydrogens (tertiary/aromatic N) is 2. The number of thiazole rings is 1. The number of aromatic nitrogens is 1. The van der Waals surface area contributed by atoms with Gasteiger partial charge in [0.1, 0.15) is 10.7 Å². The first-order chi connectivity index (χ1) is 11.6. The third-order valence-electron chi connectivity index (χ3n) is 4.08. The van der Waals surface area contributed by atoms with Crippen LogP contribution in [0.25, 0.3) is 0 Å². The molecule has 0 bridgehead atoms. The van der Waals surface area contributed by atoms with Gasteiger partial charge in [0.05, 0.1) is 19.8 Å². The van der Waals surface area contributed by atoms with E-state index in [4.69, 9.17) is 4.74 Å². The second-order valence-electron chi connectivity index (χ2n) is 6.21. The maximum absolute atomic E-state index is 12.5. The van der Waals surface area contributed by atoms with Crippen molar-refractivity contribution in [3.63, 3.8) is 0 Å². The standard InChI is InChI=1S/C18H23N3O2S/c1-13(2)14-5-3-4-6-15(14)20-18(22)16-12-24-17(19-16)11-21-7-9-23-10-8-21/h3-6,12-13H,7-11H2,1-2H3,(H,20,22). The van der Waals surface area contributed by atoms with Crippen molar-refractivity contribution in [2.45, 2.75) is 26.3 Å². The minimum atomic E-state index is -0.146. The van der Waals surface area contributed by atoms with Crippen LogP contribution in [0.15, 0.2) is 29.6 Å². The summed E-state index contributed by atoms with van der Waals surface area (Å²) in [6.07, 6.45) is 0. The molecule has 6 heteroatoms. The highest BCUT2D eigenvalue weighted by molar-refractivity contribution is 7.09. The van der Waals surface area contributed by atoms with Crippen molar-refractivity contribution in [1.82, 2.24) is 9.88 Å². The molecule has 1 aliphatic heterocycles. The van der Waals surface area contributed by atoms with Gasteiger partial charge in [-0.3, -0.25) is 9.69 Å². The molecule has 0 spiro atoms. The summed E-state index contributed by atoms with van der Waals surface area (Å²) in [4.78, 5) is 19.3. The Hall–Kier alpha value is -1.76. The average molecular weight is 345 g/mol. The fourth-order valence-electron chi connectivity index (χ4n) is 2.74. The Morgan fingerprint density at radius 3 is 2.83 bits per heavy atom. The Labute approximate surface area is 146 Å². The third kappa shape index (κ3) is 4.20. The summed E-state index contributed by atoms with van der Waals surface area (Å²) in [5.41, 5.74) is 2.48. The molecule has 1 aromatic carbocycles. The van der Waals surface area contributed by atoms with Gasteiger partial charge in [-0.2, -0.15) is 0 Å². The number of benzene rings is 1. The molecule has 0 radical (unpaired) electrons. The summed E-state index contributed by atoms with van der Waals surface area (Å²) in [6, 6.07) is 7.92. The molecule has 1 fully saturated rings. The summed E-state index contributed by atoms with van der Waals surface area (Å²) in [7, 11) is 0. The lowest BCUT2D eigenvalue weighted by Crippen LogP contribution is -2.35. The maximum Gasteiger partial charge on any atom is 0.275 e. The fourth-order valence-corrected chi connectivity index (χ4v) is 3.55. The number of rotatable bonds is 5. The van der Waals surface area contributed by atoms with Crippen LogP contribution >= 0.6 is 11.3 Å². The van der Waals surface area contributed by atoms with Gasteiger partial charge >= 0.3 is 0 Å². The van der Waals surface area contributed by atoms with Crippen LogP contribution in [0.5, 0.6) is 0 Å². The van der Waals surface area contributed by atoms with Crippen molar-refractivity contribution in [2.75, 3.05) is 31.6 Å². The van der Waals surface area contributed by atoms with Gasteiger partial charge in [0.15, 0.2) is 0 Å². The second-order valence-corrected chi connectivity index (χ2v) is 7.15. The Morgan fingerprint density at radius 1 is 1.33 bits per heavy atom. The van der Waals surface area contributed by atoms with E-state index in [1.807, 2.05) is 29.6 Å². The highest BCUT2D eigenvalue weighted by atomic mass is 32.1. The molecular formula is C18H23N3O2S. The number of para-hydroxylation sites is 1. The zero-order chi connectivity index (χ0) is 16.9. The quantitative estimate of drug-likeness (QED) is 0.903. The van der Waals surface area contributed by atoms with Crippen molar-refractivity contribution in [1.29, 1.82) is 0 Å². The van der Waals surface area contributed by atoms with Crippen LogP contribution in [0.2, 0.25) is 0 Å². The van der Waals surface area contributed by atoms with E-state index >= 15 is 0 Å². The first-order valence-corrected chi connectivity index (χ1v) is 9.16. The summed E-state index contributed by atoms with van der Waals surface area (Å²) in [5, 5.41) is 5.80. The number of morpholine rings is 1. The number of amides is 1. The highest BCUT2D eigenvalue weighted by Gasteiger charge is 2.16. The minimum Gasteiger partial charge on any atom is -0.379 e. The number of carbonyl (C=O) groups is 1. The monoisotopic (exact) mass is 345 g/mol. The van der Waals surface area contributed by atoms with Gasteiger partial charge in [-0.1, -0.05) is 32.0 Å². The normalized spacial score (nSPS) is 15.6. The molecule has 2 aromatic rings. The first kappa shape index (κ1) is 17.1. The molecule has 0 saturated carbocycles. The Balaban J connectivity index is 1.65. The highest BCUT2D eigenvalue weighted by Crippen LogP contribution is 2.24. The van der Waals surface area contributed by atoms with E-state index in [9.17, 15) is 4.79 Å². The van der Waals surface area contributed by atoms with Gasteiger partial charge in [-0.15, -0.1) is 11.3 Å². The number of anilines is 1. The number of nitrogens with one attached hydrogen (secondary N) is 1. The van der Waals surface area contributed by atoms with E-state index in [0.717, 1.165) is 49.1 Å². The van der Waals surface area contributed by atoms with E-state index in [1.54, 1.807) is 0 Å². The van der Waals surface area contributed by atoms with Gasteiger partial charge in [0, 0.05) is 24.2 Å². The van der Waals surface area contributed by atoms with Crippen molar-refractivity contribution in [2.24, 2.45) is 0 Å². The predicted molar refractivity (Wildman–Crippen MR) is 96.7 cm³/mol. The van der Waals surface area contributed by atoms with Crippen LogP contribution in [0.4, 0.5) is 5.69 Å². The molecule has 1 saturated heterocycles. The predicted octanol–water partition coefficient (Wildman–Crippen LogP) is 3.35. The van der Waals surface area contributed by atoms with Crippen molar-refractivity contribution < 1.29 is 9.53 Å². The van der Waals surface area contributed by atoms with Gasteiger partial charge in [0.2, 0.25) is 0 Å². The Morgan fingerprint density at radius 2 is 2.08 bits per heavy atom. The molecule has 0 aliphatic carbocycles. The lowest BCUT2D eigenvalue weighted by molar-refractivity contribution is 0.0341. The summed E-state index contributed by atoms with van der Waals surface area (Å²) < 4.78 is 5.35. The molecule has 0 atom stereocenters. The van der Waals surface area contributed by atoms with Crippen LogP contribution in [0, 0.1) is 0 Å². The largest absolute Gasteiger partial charge is 0.379 e. The number of hydrogen-bond donors (Lipinski definition) is 1. The first-order valence-electron chi connectivity index (χ1n) is 8.28. The van der Waals surface area contributed by atoms with E-state index in [-0.39, 0.29) is 5.91 Å². The molecule has 1 aromatic heterocycles. The van der Waals surface area contributed by atoms with Crippen molar-refractivity contribution in [3.8, 4) is 0 Å². The average Bonchev–Trinajstić information content (AvgIpc) is 3.05. The van der Waals surface area contributed by atoms with E-state index in [2.05, 4.69) is 29.0 Å². The van der Waals surface area contributed by atoms with E-state index in [1.165, 1.54) is 11.3 Å². The number of carbonyl (C=O) groups excluding carboxylic acids is 1. The molecule has 1 aliphatic rings. The molecule has 3 rings (SSSR count). The van der Waals surface area contributed by atoms with Gasteiger partial charge in [-0.05, 0) is 17.5 Å². The van der Waals surface area contributed by atoms with E-state index < -0.39 is 0 Å². The lowest BCUT2D eigenvalue weighted by atomic mass is 10.0. The summed E-state index contributed by atoms with van der Waals surface area (Å²) in [6.45, 7) is 8.40. The zero-order valence-corrected chi connectivity index (χ0v) is 14.9. The Bertz CT molecular complexity index is 693. The molecule has 1 N–H and O–H groups in total. The topological polar surface area (TPSA) is 54.5 Å². The molecule has 1 amide bonds. The Kier molecular flexibility index (Phi) is 5.60. The fraction of sp³-hybridized carbons (Fsp3) is 0.444. The zero-order valence-electron chi connectivity index (χ0n) is 14.1. The lowest BCUT2D eigenvalue weighted by Gasteiger charge is -2.25. The van der Waals surface area contributed by atoms with Crippen LogP contribution < -0.4 is 5.32 Å². The van der Waals surface area contributed by atoms with Gasteiger partial charge < -0.3 is 10.1 Å². The van der Waals surface area contributed by atoms with Gasteiger partial charge in [-0.25, -0.2) is 4.98 Å². The minimum absolute atomic E-state index is 0.146. The molecular weight excluding hydrogens is 322 g/mol. The molecule has 5 nitrogen and oxygen atoms in total. The molecule has 2 heterocycles. The maximum atomic E-state index is 12.5. The summed E-state index contributed by atoms with van der Waals surface area (Å²) in [5.74, 6) is 0.210. The second kappa shape index (κ2) is 7.88.